The Morgan fingerprint density at radius 2 is 1.66 bits per heavy atom. The van der Waals surface area contributed by atoms with E-state index in [0.29, 0.717) is 23.9 Å². The molecule has 0 aliphatic heterocycles. The Hall–Kier alpha value is -3.58. The van der Waals surface area contributed by atoms with Crippen molar-refractivity contribution in [1.82, 2.24) is 20.1 Å². The van der Waals surface area contributed by atoms with Gasteiger partial charge in [-0.2, -0.15) is 0 Å². The summed E-state index contributed by atoms with van der Waals surface area (Å²) in [5.41, 5.74) is 2.89. The smallest absolute Gasteiger partial charge is 0.221 e. The average Bonchev–Trinajstić information content (AvgIpc) is 3.28. The topological polar surface area (TPSA) is 69.0 Å². The number of rotatable bonds is 9. The van der Waals surface area contributed by atoms with E-state index in [0.717, 1.165) is 28.4 Å². The molecule has 7 heteroatoms. The summed E-state index contributed by atoms with van der Waals surface area (Å²) in [5, 5.41) is 8.28. The van der Waals surface area contributed by atoms with Crippen molar-refractivity contribution in [3.8, 4) is 22.8 Å². The number of hydrogen-bond acceptors (Lipinski definition) is 5. The maximum absolute atomic E-state index is 12.3. The minimum Gasteiger partial charge on any atom is -0.496 e. The Kier molecular flexibility index (Phi) is 7.19. The highest BCUT2D eigenvalue weighted by atomic mass is 32.2. The molecule has 6 nitrogen and oxygen atoms in total. The predicted octanol–water partition coefficient (Wildman–Crippen LogP) is 4.74. The molecule has 162 valence electrons. The molecule has 0 aliphatic rings. The summed E-state index contributed by atoms with van der Waals surface area (Å²) in [7, 11) is 1.63. The van der Waals surface area contributed by atoms with Gasteiger partial charge in [-0.3, -0.25) is 4.79 Å². The summed E-state index contributed by atoms with van der Waals surface area (Å²) in [6.45, 7) is 0.437. The number of amides is 1. The molecule has 0 spiro atoms. The average molecular weight is 445 g/mol. The summed E-state index contributed by atoms with van der Waals surface area (Å²) >= 11 is 1.47. The lowest BCUT2D eigenvalue weighted by Crippen LogP contribution is -2.23. The van der Waals surface area contributed by atoms with Crippen LogP contribution in [0.25, 0.3) is 17.1 Å². The van der Waals surface area contributed by atoms with E-state index in [2.05, 4.69) is 5.32 Å². The van der Waals surface area contributed by atoms with Crippen molar-refractivity contribution in [1.29, 1.82) is 0 Å². The van der Waals surface area contributed by atoms with Crippen LogP contribution in [0.2, 0.25) is 0 Å². The fourth-order valence-corrected chi connectivity index (χ4v) is 4.00. The number of nitrogens with one attached hydrogen (secondary N) is 1. The molecule has 1 N–H and O–H groups in total. The Morgan fingerprint density at radius 3 is 2.41 bits per heavy atom. The lowest BCUT2D eigenvalue weighted by molar-refractivity contribution is -0.120. The van der Waals surface area contributed by atoms with Gasteiger partial charge in [-0.1, -0.05) is 78.5 Å². The van der Waals surface area contributed by atoms with E-state index in [4.69, 9.17) is 14.8 Å². The van der Waals surface area contributed by atoms with E-state index in [1.807, 2.05) is 89.6 Å². The third kappa shape index (κ3) is 5.36. The number of para-hydroxylation sites is 2. The number of hydrogen-bond donors (Lipinski definition) is 1. The predicted molar refractivity (Wildman–Crippen MR) is 127 cm³/mol. The van der Waals surface area contributed by atoms with Gasteiger partial charge >= 0.3 is 0 Å². The summed E-state index contributed by atoms with van der Waals surface area (Å²) < 4.78 is 7.18. The minimum atomic E-state index is -0.0193. The molecule has 0 radical (unpaired) electrons. The lowest BCUT2D eigenvalue weighted by atomic mass is 10.2. The van der Waals surface area contributed by atoms with E-state index in [-0.39, 0.29) is 5.91 Å². The second kappa shape index (κ2) is 10.6. The third-order valence-electron chi connectivity index (χ3n) is 4.85. The SMILES string of the molecule is COc1ccccc1CNC(=O)CCSc1nc(-c2ccccc2)n(-c2ccccc2)n1. The molecule has 3 aromatic carbocycles. The van der Waals surface area contributed by atoms with Gasteiger partial charge in [0.25, 0.3) is 0 Å². The zero-order chi connectivity index (χ0) is 22.2. The highest BCUT2D eigenvalue weighted by molar-refractivity contribution is 7.99. The molecule has 0 fully saturated rings. The van der Waals surface area contributed by atoms with E-state index < -0.39 is 0 Å². The molecule has 0 atom stereocenters. The molecule has 1 aromatic heterocycles. The Balaban J connectivity index is 1.39. The van der Waals surface area contributed by atoms with Gasteiger partial charge in [0.2, 0.25) is 11.1 Å². The first-order valence-corrected chi connectivity index (χ1v) is 11.3. The van der Waals surface area contributed by atoms with E-state index in [1.165, 1.54) is 11.8 Å². The van der Waals surface area contributed by atoms with Crippen molar-refractivity contribution in [3.63, 3.8) is 0 Å². The van der Waals surface area contributed by atoms with Crippen LogP contribution in [-0.4, -0.2) is 33.5 Å². The lowest BCUT2D eigenvalue weighted by Gasteiger charge is -2.09. The van der Waals surface area contributed by atoms with Crippen LogP contribution in [0.1, 0.15) is 12.0 Å². The number of carbonyl (C=O) groups excluding carboxylic acids is 1. The number of ether oxygens (including phenoxy) is 1. The van der Waals surface area contributed by atoms with Crippen LogP contribution in [0.15, 0.2) is 90.1 Å². The van der Waals surface area contributed by atoms with E-state index in [1.54, 1.807) is 7.11 Å². The first-order chi connectivity index (χ1) is 15.7. The standard InChI is InChI=1S/C25H24N4O2S/c1-31-22-15-9-8-12-20(22)18-26-23(30)16-17-32-25-27-24(19-10-4-2-5-11-19)29(28-25)21-13-6-3-7-14-21/h2-15H,16-18H2,1H3,(H,26,30). The molecule has 0 unspecified atom stereocenters. The number of benzene rings is 3. The van der Waals surface area contributed by atoms with Gasteiger partial charge in [0.05, 0.1) is 12.8 Å². The normalized spacial score (nSPS) is 10.7. The molecule has 4 rings (SSSR count). The molecular formula is C25H24N4O2S. The summed E-state index contributed by atoms with van der Waals surface area (Å²) in [5.74, 6) is 2.12. The second-order valence-corrected chi connectivity index (χ2v) is 8.08. The highest BCUT2D eigenvalue weighted by Crippen LogP contribution is 2.25. The molecule has 1 amide bonds. The Morgan fingerprint density at radius 1 is 0.969 bits per heavy atom. The van der Waals surface area contributed by atoms with Crippen molar-refractivity contribution in [2.45, 2.75) is 18.1 Å². The zero-order valence-electron chi connectivity index (χ0n) is 17.8. The molecule has 32 heavy (non-hydrogen) atoms. The van der Waals surface area contributed by atoms with Crippen LogP contribution in [0.3, 0.4) is 0 Å². The van der Waals surface area contributed by atoms with Gasteiger partial charge in [0, 0.05) is 29.8 Å². The maximum atomic E-state index is 12.3. The fraction of sp³-hybridized carbons (Fsp3) is 0.160. The van der Waals surface area contributed by atoms with Gasteiger partial charge < -0.3 is 10.1 Å². The number of carbonyl (C=O) groups is 1. The minimum absolute atomic E-state index is 0.0193. The molecule has 0 saturated carbocycles. The first-order valence-electron chi connectivity index (χ1n) is 10.3. The van der Waals surface area contributed by atoms with Crippen LogP contribution < -0.4 is 10.1 Å². The summed E-state index contributed by atoms with van der Waals surface area (Å²) in [4.78, 5) is 17.0. The largest absolute Gasteiger partial charge is 0.496 e. The second-order valence-electron chi connectivity index (χ2n) is 7.02. The molecule has 4 aromatic rings. The molecular weight excluding hydrogens is 420 g/mol. The van der Waals surface area contributed by atoms with Crippen molar-refractivity contribution in [3.05, 3.63) is 90.5 Å². The van der Waals surface area contributed by atoms with Crippen LogP contribution in [0.4, 0.5) is 0 Å². The van der Waals surface area contributed by atoms with Crippen LogP contribution in [0, 0.1) is 0 Å². The van der Waals surface area contributed by atoms with Crippen molar-refractivity contribution >= 4 is 17.7 Å². The maximum Gasteiger partial charge on any atom is 0.221 e. The van der Waals surface area contributed by atoms with Gasteiger partial charge in [-0.05, 0) is 18.2 Å². The van der Waals surface area contributed by atoms with Crippen LogP contribution >= 0.6 is 11.8 Å². The fourth-order valence-electron chi connectivity index (χ4n) is 3.24. The first kappa shape index (κ1) is 21.6. The van der Waals surface area contributed by atoms with E-state index >= 15 is 0 Å². The molecule has 0 aliphatic carbocycles. The number of aromatic nitrogens is 3. The van der Waals surface area contributed by atoms with Crippen molar-refractivity contribution in [2.75, 3.05) is 12.9 Å². The monoisotopic (exact) mass is 444 g/mol. The van der Waals surface area contributed by atoms with Crippen molar-refractivity contribution in [2.24, 2.45) is 0 Å². The quantitative estimate of drug-likeness (QED) is 0.378. The third-order valence-corrected chi connectivity index (χ3v) is 5.69. The summed E-state index contributed by atoms with van der Waals surface area (Å²) in [6, 6.07) is 27.6. The highest BCUT2D eigenvalue weighted by Gasteiger charge is 2.14. The molecule has 0 bridgehead atoms. The van der Waals surface area contributed by atoms with Gasteiger partial charge in [0.1, 0.15) is 5.75 Å². The molecule has 0 saturated heterocycles. The Labute approximate surface area is 191 Å². The number of thioether (sulfide) groups is 1. The number of methoxy groups -OCH3 is 1. The molecule has 1 heterocycles. The number of nitrogens with zero attached hydrogens (tertiary/aromatic N) is 3. The summed E-state index contributed by atoms with van der Waals surface area (Å²) in [6.07, 6.45) is 0.375. The van der Waals surface area contributed by atoms with Gasteiger partial charge in [0.15, 0.2) is 5.82 Å². The van der Waals surface area contributed by atoms with E-state index in [9.17, 15) is 4.79 Å². The van der Waals surface area contributed by atoms with Crippen LogP contribution in [-0.2, 0) is 11.3 Å². The van der Waals surface area contributed by atoms with Crippen LogP contribution in [0.5, 0.6) is 5.75 Å². The van der Waals surface area contributed by atoms with Crippen molar-refractivity contribution < 1.29 is 9.53 Å². The zero-order valence-corrected chi connectivity index (χ0v) is 18.6. The van der Waals surface area contributed by atoms with Gasteiger partial charge in [-0.15, -0.1) is 5.10 Å². The van der Waals surface area contributed by atoms with Gasteiger partial charge in [-0.25, -0.2) is 9.67 Å². The Bertz CT molecular complexity index is 1110.